The van der Waals surface area contributed by atoms with E-state index >= 15 is 0 Å². The van der Waals surface area contributed by atoms with Gasteiger partial charge in [0.15, 0.2) is 0 Å². The topological polar surface area (TPSA) is 99.3 Å². The van der Waals surface area contributed by atoms with E-state index in [4.69, 9.17) is 4.74 Å². The second-order valence-corrected chi connectivity index (χ2v) is 10.2. The van der Waals surface area contributed by atoms with Crippen LogP contribution >= 0.6 is 0 Å². The molecule has 172 valence electrons. The lowest BCUT2D eigenvalue weighted by Gasteiger charge is -2.35. The van der Waals surface area contributed by atoms with E-state index in [9.17, 15) is 18.0 Å². The van der Waals surface area contributed by atoms with Gasteiger partial charge in [0.2, 0.25) is 21.8 Å². The van der Waals surface area contributed by atoms with E-state index in [-0.39, 0.29) is 28.7 Å². The van der Waals surface area contributed by atoms with Gasteiger partial charge < -0.3 is 15.0 Å². The highest BCUT2D eigenvalue weighted by molar-refractivity contribution is 7.89. The Bertz CT molecular complexity index is 874. The molecule has 2 heterocycles. The predicted octanol–water partition coefficient (Wildman–Crippen LogP) is 0.835. The SMILES string of the molecule is CC(C(=O)Nc1ccc(S(=O)(=O)N2CCOCC2)cc1)N1CCC(C(=O)N(C)C)CC1. The molecule has 3 rings (SSSR count). The van der Waals surface area contributed by atoms with Crippen LogP contribution in [0.1, 0.15) is 19.8 Å². The molecule has 0 bridgehead atoms. The Morgan fingerprint density at radius 3 is 2.19 bits per heavy atom. The summed E-state index contributed by atoms with van der Waals surface area (Å²) in [5.74, 6) is 0.00696. The van der Waals surface area contributed by atoms with Gasteiger partial charge in [0.1, 0.15) is 0 Å². The van der Waals surface area contributed by atoms with Crippen LogP contribution in [0, 0.1) is 5.92 Å². The lowest BCUT2D eigenvalue weighted by molar-refractivity contribution is -0.134. The fraction of sp³-hybridized carbons (Fsp3) is 0.619. The van der Waals surface area contributed by atoms with Crippen molar-refractivity contribution in [1.29, 1.82) is 0 Å². The summed E-state index contributed by atoms with van der Waals surface area (Å²) in [4.78, 5) is 28.7. The normalized spacial score (nSPS) is 20.2. The highest BCUT2D eigenvalue weighted by Crippen LogP contribution is 2.22. The number of hydrogen-bond acceptors (Lipinski definition) is 6. The third kappa shape index (κ3) is 5.62. The summed E-state index contributed by atoms with van der Waals surface area (Å²) in [5.41, 5.74) is 0.551. The Kier molecular flexibility index (Phi) is 7.68. The number of anilines is 1. The first-order chi connectivity index (χ1) is 14.7. The van der Waals surface area contributed by atoms with Gasteiger partial charge in [0.25, 0.3) is 0 Å². The van der Waals surface area contributed by atoms with Crippen molar-refractivity contribution >= 4 is 27.5 Å². The molecule has 2 aliphatic rings. The zero-order valence-electron chi connectivity index (χ0n) is 18.4. The smallest absolute Gasteiger partial charge is 0.243 e. The van der Waals surface area contributed by atoms with Crippen molar-refractivity contribution in [1.82, 2.24) is 14.1 Å². The zero-order valence-corrected chi connectivity index (χ0v) is 19.2. The summed E-state index contributed by atoms with van der Waals surface area (Å²) in [6.07, 6.45) is 1.48. The van der Waals surface area contributed by atoms with Gasteiger partial charge in [-0.1, -0.05) is 0 Å². The van der Waals surface area contributed by atoms with E-state index in [1.54, 1.807) is 31.1 Å². The zero-order chi connectivity index (χ0) is 22.6. The molecule has 1 aromatic rings. The van der Waals surface area contributed by atoms with Crippen molar-refractivity contribution in [2.75, 3.05) is 58.8 Å². The number of nitrogens with one attached hydrogen (secondary N) is 1. The molecule has 1 atom stereocenters. The summed E-state index contributed by atoms with van der Waals surface area (Å²) in [6.45, 7) is 4.70. The first-order valence-electron chi connectivity index (χ1n) is 10.6. The third-order valence-corrected chi connectivity index (χ3v) is 7.89. The van der Waals surface area contributed by atoms with E-state index in [1.165, 1.54) is 16.4 Å². The maximum absolute atomic E-state index is 12.7. The van der Waals surface area contributed by atoms with Crippen LogP contribution in [0.5, 0.6) is 0 Å². The van der Waals surface area contributed by atoms with Crippen LogP contribution in [-0.2, 0) is 24.3 Å². The summed E-state index contributed by atoms with van der Waals surface area (Å²) in [5, 5.41) is 2.87. The van der Waals surface area contributed by atoms with Crippen molar-refractivity contribution < 1.29 is 22.7 Å². The number of benzene rings is 1. The molecule has 31 heavy (non-hydrogen) atoms. The van der Waals surface area contributed by atoms with E-state index in [2.05, 4.69) is 10.2 Å². The molecule has 2 aliphatic heterocycles. The second kappa shape index (κ2) is 10.1. The molecule has 0 aliphatic carbocycles. The fourth-order valence-electron chi connectivity index (χ4n) is 3.96. The highest BCUT2D eigenvalue weighted by Gasteiger charge is 2.30. The number of morpholine rings is 1. The van der Waals surface area contributed by atoms with Crippen molar-refractivity contribution in [3.8, 4) is 0 Å². The third-order valence-electron chi connectivity index (χ3n) is 5.98. The van der Waals surface area contributed by atoms with Crippen molar-refractivity contribution in [3.63, 3.8) is 0 Å². The Morgan fingerprint density at radius 1 is 1.06 bits per heavy atom. The van der Waals surface area contributed by atoms with E-state index in [1.807, 2.05) is 6.92 Å². The number of piperidine rings is 1. The van der Waals surface area contributed by atoms with Gasteiger partial charge in [-0.3, -0.25) is 14.5 Å². The average Bonchev–Trinajstić information content (AvgIpc) is 2.79. The van der Waals surface area contributed by atoms with Crippen LogP contribution in [0.2, 0.25) is 0 Å². The Hall–Kier alpha value is -2.01. The minimum atomic E-state index is -3.56. The molecular weight excluding hydrogens is 420 g/mol. The van der Waals surface area contributed by atoms with Crippen molar-refractivity contribution in [2.24, 2.45) is 5.92 Å². The molecule has 1 N–H and O–H groups in total. The number of likely N-dealkylation sites (tertiary alicyclic amines) is 1. The molecule has 1 unspecified atom stereocenters. The van der Waals surface area contributed by atoms with Crippen LogP contribution in [0.25, 0.3) is 0 Å². The summed E-state index contributed by atoms with van der Waals surface area (Å²) in [7, 11) is -0.0256. The molecular formula is C21H32N4O5S. The van der Waals surface area contributed by atoms with E-state index in [0.717, 1.165) is 12.8 Å². The monoisotopic (exact) mass is 452 g/mol. The van der Waals surface area contributed by atoms with Crippen molar-refractivity contribution in [2.45, 2.75) is 30.7 Å². The molecule has 2 amide bonds. The van der Waals surface area contributed by atoms with E-state index in [0.29, 0.717) is 45.1 Å². The summed E-state index contributed by atoms with van der Waals surface area (Å²) >= 11 is 0. The molecule has 2 fully saturated rings. The Labute approximate surface area is 184 Å². The highest BCUT2D eigenvalue weighted by atomic mass is 32.2. The van der Waals surface area contributed by atoms with Crippen LogP contribution in [0.15, 0.2) is 29.2 Å². The largest absolute Gasteiger partial charge is 0.379 e. The van der Waals surface area contributed by atoms with Gasteiger partial charge in [-0.2, -0.15) is 4.31 Å². The first-order valence-corrected chi connectivity index (χ1v) is 12.1. The number of sulfonamides is 1. The molecule has 0 radical (unpaired) electrons. The summed E-state index contributed by atoms with van der Waals surface area (Å²) < 4.78 is 32.0. The number of hydrogen-bond donors (Lipinski definition) is 1. The number of ether oxygens (including phenoxy) is 1. The number of amides is 2. The average molecular weight is 453 g/mol. The fourth-order valence-corrected chi connectivity index (χ4v) is 5.37. The number of carbonyl (C=O) groups excluding carboxylic acids is 2. The lowest BCUT2D eigenvalue weighted by Crippen LogP contribution is -2.48. The van der Waals surface area contributed by atoms with Gasteiger partial charge in [0.05, 0.1) is 24.2 Å². The van der Waals surface area contributed by atoms with Crippen LogP contribution < -0.4 is 5.32 Å². The maximum Gasteiger partial charge on any atom is 0.243 e. The molecule has 10 heteroatoms. The van der Waals surface area contributed by atoms with Crippen LogP contribution in [-0.4, -0.2) is 93.9 Å². The molecule has 1 aromatic carbocycles. The lowest BCUT2D eigenvalue weighted by atomic mass is 9.94. The van der Waals surface area contributed by atoms with Gasteiger partial charge in [-0.05, 0) is 57.1 Å². The summed E-state index contributed by atoms with van der Waals surface area (Å²) in [6, 6.07) is 5.92. The standard InChI is InChI=1S/C21H32N4O5S/c1-16(24-10-8-17(9-11-24)21(27)23(2)3)20(26)22-18-4-6-19(7-5-18)31(28,29)25-12-14-30-15-13-25/h4-7,16-17H,8-15H2,1-3H3,(H,22,26). The molecule has 9 nitrogen and oxygen atoms in total. The molecule has 0 saturated carbocycles. The van der Waals surface area contributed by atoms with Gasteiger partial charge >= 0.3 is 0 Å². The molecule has 0 spiro atoms. The number of nitrogens with zero attached hydrogens (tertiary/aromatic N) is 3. The number of rotatable bonds is 6. The molecule has 2 saturated heterocycles. The van der Waals surface area contributed by atoms with Crippen molar-refractivity contribution in [3.05, 3.63) is 24.3 Å². The minimum Gasteiger partial charge on any atom is -0.379 e. The first kappa shape index (κ1) is 23.6. The second-order valence-electron chi connectivity index (χ2n) is 8.25. The van der Waals surface area contributed by atoms with Gasteiger partial charge in [-0.25, -0.2) is 8.42 Å². The maximum atomic E-state index is 12.7. The van der Waals surface area contributed by atoms with Gasteiger partial charge in [0, 0.05) is 38.8 Å². The molecule has 0 aromatic heterocycles. The Balaban J connectivity index is 1.55. The minimum absolute atomic E-state index is 0.0162. The van der Waals surface area contributed by atoms with Gasteiger partial charge in [-0.15, -0.1) is 0 Å². The quantitative estimate of drug-likeness (QED) is 0.687. The van der Waals surface area contributed by atoms with Crippen LogP contribution in [0.4, 0.5) is 5.69 Å². The van der Waals surface area contributed by atoms with Crippen LogP contribution in [0.3, 0.4) is 0 Å². The predicted molar refractivity (Wildman–Crippen MR) is 117 cm³/mol. The van der Waals surface area contributed by atoms with E-state index < -0.39 is 10.0 Å². The number of carbonyl (C=O) groups is 2. The Morgan fingerprint density at radius 2 is 1.65 bits per heavy atom.